The molecule has 1 aromatic carbocycles. The largest absolute Gasteiger partial charge is 0.361 e. The van der Waals surface area contributed by atoms with Gasteiger partial charge in [-0.3, -0.25) is 14.4 Å². The number of nitrogens with one attached hydrogen (secondary N) is 4. The summed E-state index contributed by atoms with van der Waals surface area (Å²) < 4.78 is 0. The summed E-state index contributed by atoms with van der Waals surface area (Å²) >= 11 is 0. The summed E-state index contributed by atoms with van der Waals surface area (Å²) in [4.78, 5) is 42.1. The molecular weight excluding hydrogens is 344 g/mol. The highest BCUT2D eigenvalue weighted by Gasteiger charge is 2.29. The van der Waals surface area contributed by atoms with Gasteiger partial charge in [-0.05, 0) is 30.5 Å². The first-order chi connectivity index (χ1) is 13.1. The van der Waals surface area contributed by atoms with Gasteiger partial charge in [-0.1, -0.05) is 18.2 Å². The lowest BCUT2D eigenvalue weighted by Gasteiger charge is -2.18. The molecule has 0 saturated heterocycles. The highest BCUT2D eigenvalue weighted by atomic mass is 16.2. The van der Waals surface area contributed by atoms with E-state index in [1.54, 1.807) is 0 Å². The van der Waals surface area contributed by atoms with Crippen molar-refractivity contribution in [2.24, 2.45) is 0 Å². The van der Waals surface area contributed by atoms with Gasteiger partial charge < -0.3 is 20.6 Å². The maximum Gasteiger partial charge on any atom is 0.253 e. The second kappa shape index (κ2) is 7.11. The minimum Gasteiger partial charge on any atom is -0.361 e. The van der Waals surface area contributed by atoms with Gasteiger partial charge in [0.05, 0.1) is 5.56 Å². The Balaban J connectivity index is 1.56. The van der Waals surface area contributed by atoms with E-state index in [9.17, 15) is 14.4 Å². The summed E-state index contributed by atoms with van der Waals surface area (Å²) in [5.41, 5.74) is 1.97. The van der Waals surface area contributed by atoms with Crippen LogP contribution in [-0.2, 0) is 11.2 Å². The Morgan fingerprint density at radius 2 is 1.89 bits per heavy atom. The van der Waals surface area contributed by atoms with E-state index < -0.39 is 11.9 Å². The molecule has 1 saturated carbocycles. The fraction of sp³-hybridized carbons (Fsp3) is 0.250. The van der Waals surface area contributed by atoms with E-state index in [2.05, 4.69) is 20.6 Å². The molecule has 1 atom stereocenters. The molecule has 0 bridgehead atoms. The van der Waals surface area contributed by atoms with E-state index in [1.165, 1.54) is 18.3 Å². The Bertz CT molecular complexity index is 1030. The molecule has 0 aliphatic heterocycles. The van der Waals surface area contributed by atoms with Gasteiger partial charge >= 0.3 is 0 Å². The molecule has 27 heavy (non-hydrogen) atoms. The molecule has 1 aliphatic rings. The molecule has 1 fully saturated rings. The van der Waals surface area contributed by atoms with E-state index in [-0.39, 0.29) is 17.5 Å². The molecule has 3 aromatic rings. The molecule has 7 nitrogen and oxygen atoms in total. The highest BCUT2D eigenvalue weighted by molar-refractivity contribution is 5.97. The normalized spacial score (nSPS) is 14.7. The standard InChI is InChI=1S/C20H20N4O3/c25-18-8-5-12(10-22-18)19(26)24-17(20(27)23-14-6-7-14)9-13-11-21-16-4-2-1-3-15(13)16/h1-5,8,10-11,14,17,21H,6-7,9H2,(H,22,25)(H,23,27)(H,24,26). The van der Waals surface area contributed by atoms with Gasteiger partial charge in [-0.15, -0.1) is 0 Å². The minimum atomic E-state index is -0.704. The summed E-state index contributed by atoms with van der Waals surface area (Å²) in [5.74, 6) is -0.595. The van der Waals surface area contributed by atoms with Crippen molar-refractivity contribution in [3.8, 4) is 0 Å². The van der Waals surface area contributed by atoms with E-state index >= 15 is 0 Å². The third-order valence-electron chi connectivity index (χ3n) is 4.69. The number of aromatic nitrogens is 2. The number of carbonyl (C=O) groups is 2. The lowest BCUT2D eigenvalue weighted by Crippen LogP contribution is -2.48. The molecule has 1 aliphatic carbocycles. The van der Waals surface area contributed by atoms with Crippen LogP contribution in [0.5, 0.6) is 0 Å². The highest BCUT2D eigenvalue weighted by Crippen LogP contribution is 2.21. The Hall–Kier alpha value is -3.35. The van der Waals surface area contributed by atoms with E-state index in [0.717, 1.165) is 29.3 Å². The molecule has 138 valence electrons. The number of H-pyrrole nitrogens is 2. The molecule has 2 heterocycles. The molecule has 2 aromatic heterocycles. The van der Waals surface area contributed by atoms with Crippen LogP contribution in [0.3, 0.4) is 0 Å². The number of amides is 2. The second-order valence-corrected chi connectivity index (χ2v) is 6.81. The first kappa shape index (κ1) is 17.1. The van der Waals surface area contributed by atoms with Gasteiger partial charge in [0.15, 0.2) is 0 Å². The van der Waals surface area contributed by atoms with Crippen LogP contribution in [0.25, 0.3) is 10.9 Å². The van der Waals surface area contributed by atoms with Crippen LogP contribution < -0.4 is 16.2 Å². The number of pyridine rings is 1. The molecule has 2 amide bonds. The molecule has 4 rings (SSSR count). The zero-order valence-electron chi connectivity index (χ0n) is 14.6. The zero-order chi connectivity index (χ0) is 18.8. The van der Waals surface area contributed by atoms with Crippen LogP contribution in [0, 0.1) is 0 Å². The van der Waals surface area contributed by atoms with Crippen molar-refractivity contribution in [3.05, 3.63) is 70.3 Å². The van der Waals surface area contributed by atoms with Gasteiger partial charge in [0.2, 0.25) is 11.5 Å². The summed E-state index contributed by atoms with van der Waals surface area (Å²) in [5, 5.41) is 6.79. The maximum atomic E-state index is 12.7. The number of hydrogen-bond acceptors (Lipinski definition) is 3. The summed E-state index contributed by atoms with van der Waals surface area (Å²) in [6.07, 6.45) is 5.53. The number of fused-ring (bicyclic) bond motifs is 1. The van der Waals surface area contributed by atoms with Crippen LogP contribution in [-0.4, -0.2) is 33.9 Å². The van der Waals surface area contributed by atoms with Gasteiger partial charge in [0.1, 0.15) is 6.04 Å². The van der Waals surface area contributed by atoms with Crippen molar-refractivity contribution >= 4 is 22.7 Å². The second-order valence-electron chi connectivity index (χ2n) is 6.81. The van der Waals surface area contributed by atoms with E-state index in [4.69, 9.17) is 0 Å². The SMILES string of the molecule is O=C(NC(Cc1c[nH]c2ccccc12)C(=O)NC1CC1)c1ccc(=O)[nH]c1. The van der Waals surface area contributed by atoms with Gasteiger partial charge in [-0.25, -0.2) is 0 Å². The Morgan fingerprint density at radius 3 is 2.63 bits per heavy atom. The predicted octanol–water partition coefficient (Wildman–Crippen LogP) is 1.48. The van der Waals surface area contributed by atoms with E-state index in [1.807, 2.05) is 30.5 Å². The predicted molar refractivity (Wildman–Crippen MR) is 101 cm³/mol. The molecule has 0 radical (unpaired) electrons. The first-order valence-electron chi connectivity index (χ1n) is 8.95. The summed E-state index contributed by atoms with van der Waals surface area (Å²) in [7, 11) is 0. The number of para-hydroxylation sites is 1. The van der Waals surface area contributed by atoms with Crippen LogP contribution in [0.1, 0.15) is 28.8 Å². The molecule has 0 spiro atoms. The molecule has 7 heteroatoms. The zero-order valence-corrected chi connectivity index (χ0v) is 14.6. The van der Waals surface area contributed by atoms with Crippen molar-refractivity contribution in [2.75, 3.05) is 0 Å². The number of carbonyl (C=O) groups excluding carboxylic acids is 2. The fourth-order valence-electron chi connectivity index (χ4n) is 3.05. The summed E-state index contributed by atoms with van der Waals surface area (Å²) in [6.45, 7) is 0. The molecule has 4 N–H and O–H groups in total. The lowest BCUT2D eigenvalue weighted by molar-refractivity contribution is -0.123. The maximum absolute atomic E-state index is 12.7. The molecule has 1 unspecified atom stereocenters. The van der Waals surface area contributed by atoms with E-state index in [0.29, 0.717) is 12.0 Å². The quantitative estimate of drug-likeness (QED) is 0.532. The average molecular weight is 364 g/mol. The minimum absolute atomic E-state index is 0.194. The smallest absolute Gasteiger partial charge is 0.253 e. The first-order valence-corrected chi connectivity index (χ1v) is 8.95. The van der Waals surface area contributed by atoms with Crippen molar-refractivity contribution in [1.82, 2.24) is 20.6 Å². The topological polar surface area (TPSA) is 107 Å². The monoisotopic (exact) mass is 364 g/mol. The number of hydrogen-bond donors (Lipinski definition) is 4. The lowest BCUT2D eigenvalue weighted by atomic mass is 10.0. The van der Waals surface area contributed by atoms with Crippen molar-refractivity contribution in [3.63, 3.8) is 0 Å². The Kier molecular flexibility index (Phi) is 4.50. The average Bonchev–Trinajstić information content (AvgIpc) is 3.40. The Morgan fingerprint density at radius 1 is 1.07 bits per heavy atom. The molecular formula is C20H20N4O3. The van der Waals surface area contributed by atoms with Crippen molar-refractivity contribution in [1.29, 1.82) is 0 Å². The van der Waals surface area contributed by atoms with Gasteiger partial charge in [0.25, 0.3) is 5.91 Å². The van der Waals surface area contributed by atoms with Crippen LogP contribution in [0.15, 0.2) is 53.6 Å². The van der Waals surface area contributed by atoms with Crippen molar-refractivity contribution in [2.45, 2.75) is 31.3 Å². The number of rotatable bonds is 6. The number of benzene rings is 1. The van der Waals surface area contributed by atoms with Crippen LogP contribution >= 0.6 is 0 Å². The van der Waals surface area contributed by atoms with Crippen molar-refractivity contribution < 1.29 is 9.59 Å². The van der Waals surface area contributed by atoms with Crippen LogP contribution in [0.2, 0.25) is 0 Å². The van der Waals surface area contributed by atoms with Crippen LogP contribution in [0.4, 0.5) is 0 Å². The number of aromatic amines is 2. The third kappa shape index (κ3) is 3.92. The van der Waals surface area contributed by atoms with Gasteiger partial charge in [0, 0.05) is 41.8 Å². The van der Waals surface area contributed by atoms with Gasteiger partial charge in [-0.2, -0.15) is 0 Å². The summed E-state index contributed by atoms with van der Waals surface area (Å²) in [6, 6.07) is 10.1. The third-order valence-corrected chi connectivity index (χ3v) is 4.69. The Labute approximate surface area is 155 Å². The fourth-order valence-corrected chi connectivity index (χ4v) is 3.05.